The van der Waals surface area contributed by atoms with Crippen LogP contribution in [0.1, 0.15) is 24.5 Å². The lowest BCUT2D eigenvalue weighted by Gasteiger charge is -2.20. The first-order valence-electron chi connectivity index (χ1n) is 10.9. The van der Waals surface area contributed by atoms with Crippen molar-refractivity contribution < 1.29 is 0 Å². The lowest BCUT2D eigenvalue weighted by molar-refractivity contribution is 0.264. The molecule has 1 aliphatic heterocycles. The maximum absolute atomic E-state index is 6.28. The highest BCUT2D eigenvalue weighted by Gasteiger charge is 2.23. The SMILES string of the molecule is C/C=C(\Nc1cc(-c2cccs2)ccc1N)c1ccc(CN2CC[C@@H](N(C)C)C2)cc1. The summed E-state index contributed by atoms with van der Waals surface area (Å²) in [5.41, 5.74) is 12.7. The number of hydrogen-bond acceptors (Lipinski definition) is 5. The van der Waals surface area contributed by atoms with Gasteiger partial charge in [0.15, 0.2) is 0 Å². The summed E-state index contributed by atoms with van der Waals surface area (Å²) in [6.07, 6.45) is 3.36. The van der Waals surface area contributed by atoms with Crippen LogP contribution in [0.5, 0.6) is 0 Å². The molecule has 0 bridgehead atoms. The van der Waals surface area contributed by atoms with Crippen molar-refractivity contribution in [2.45, 2.75) is 25.9 Å². The largest absolute Gasteiger partial charge is 0.397 e. The highest BCUT2D eigenvalue weighted by atomic mass is 32.1. The molecule has 3 aromatic rings. The number of nitrogens with two attached hydrogens (primary N) is 1. The molecule has 1 fully saturated rings. The quantitative estimate of drug-likeness (QED) is 0.477. The second kappa shape index (κ2) is 9.69. The zero-order chi connectivity index (χ0) is 21.8. The number of anilines is 2. The Bertz CT molecular complexity index is 1020. The highest BCUT2D eigenvalue weighted by Crippen LogP contribution is 2.32. The Morgan fingerprint density at radius 2 is 2.00 bits per heavy atom. The van der Waals surface area contributed by atoms with Crippen molar-refractivity contribution >= 4 is 28.4 Å². The van der Waals surface area contributed by atoms with Gasteiger partial charge in [-0.05, 0) is 67.7 Å². The maximum atomic E-state index is 6.28. The van der Waals surface area contributed by atoms with Gasteiger partial charge in [0.25, 0.3) is 0 Å². The smallest absolute Gasteiger partial charge is 0.0624 e. The maximum Gasteiger partial charge on any atom is 0.0624 e. The van der Waals surface area contributed by atoms with Gasteiger partial charge in [0.05, 0.1) is 11.4 Å². The Labute approximate surface area is 190 Å². The molecule has 1 saturated heterocycles. The van der Waals surface area contributed by atoms with Gasteiger partial charge in [-0.15, -0.1) is 11.3 Å². The Morgan fingerprint density at radius 3 is 2.65 bits per heavy atom. The fourth-order valence-corrected chi connectivity index (χ4v) is 4.87. The van der Waals surface area contributed by atoms with Crippen LogP contribution in [-0.2, 0) is 6.54 Å². The number of nitrogen functional groups attached to an aromatic ring is 1. The number of likely N-dealkylation sites (tertiary alicyclic amines) is 1. The fraction of sp³-hybridized carbons (Fsp3) is 0.308. The molecule has 1 aliphatic rings. The number of hydrogen-bond donors (Lipinski definition) is 2. The number of nitrogens with zero attached hydrogens (tertiary/aromatic N) is 2. The average Bonchev–Trinajstić information content (AvgIpc) is 3.46. The molecule has 2 heterocycles. The van der Waals surface area contributed by atoms with E-state index in [2.05, 4.69) is 96.1 Å². The molecule has 31 heavy (non-hydrogen) atoms. The lowest BCUT2D eigenvalue weighted by atomic mass is 10.1. The Balaban J connectivity index is 1.45. The van der Waals surface area contributed by atoms with E-state index in [1.165, 1.54) is 34.5 Å². The van der Waals surface area contributed by atoms with Crippen LogP contribution < -0.4 is 11.1 Å². The van der Waals surface area contributed by atoms with E-state index in [0.29, 0.717) is 6.04 Å². The number of rotatable bonds is 7. The van der Waals surface area contributed by atoms with Crippen LogP contribution in [0.2, 0.25) is 0 Å². The Kier molecular flexibility index (Phi) is 6.76. The molecule has 5 heteroatoms. The van der Waals surface area contributed by atoms with E-state index < -0.39 is 0 Å². The van der Waals surface area contributed by atoms with Crippen LogP contribution in [0, 0.1) is 0 Å². The molecule has 0 radical (unpaired) electrons. The highest BCUT2D eigenvalue weighted by molar-refractivity contribution is 7.13. The van der Waals surface area contributed by atoms with Crippen molar-refractivity contribution in [3.05, 3.63) is 77.2 Å². The molecule has 1 aromatic heterocycles. The summed E-state index contributed by atoms with van der Waals surface area (Å²) >= 11 is 1.74. The van der Waals surface area contributed by atoms with E-state index in [0.717, 1.165) is 30.2 Å². The fourth-order valence-electron chi connectivity index (χ4n) is 4.14. The molecule has 0 spiro atoms. The predicted molar refractivity (Wildman–Crippen MR) is 135 cm³/mol. The minimum Gasteiger partial charge on any atom is -0.397 e. The molecule has 1 atom stereocenters. The van der Waals surface area contributed by atoms with E-state index in [-0.39, 0.29) is 0 Å². The molecule has 2 aromatic carbocycles. The van der Waals surface area contributed by atoms with Gasteiger partial charge >= 0.3 is 0 Å². The second-order valence-electron chi connectivity index (χ2n) is 8.44. The molecule has 0 unspecified atom stereocenters. The van der Waals surface area contributed by atoms with E-state index in [1.807, 2.05) is 6.07 Å². The first-order chi connectivity index (χ1) is 15.0. The third kappa shape index (κ3) is 5.18. The van der Waals surface area contributed by atoms with Crippen LogP contribution in [0.15, 0.2) is 66.1 Å². The third-order valence-corrected chi connectivity index (χ3v) is 6.98. The van der Waals surface area contributed by atoms with Crippen molar-refractivity contribution in [1.29, 1.82) is 0 Å². The summed E-state index contributed by atoms with van der Waals surface area (Å²) in [6.45, 7) is 5.39. The molecule has 0 amide bonds. The summed E-state index contributed by atoms with van der Waals surface area (Å²) < 4.78 is 0. The van der Waals surface area contributed by atoms with Gasteiger partial charge in [0.1, 0.15) is 0 Å². The zero-order valence-electron chi connectivity index (χ0n) is 18.6. The van der Waals surface area contributed by atoms with Crippen molar-refractivity contribution in [2.75, 3.05) is 38.2 Å². The monoisotopic (exact) mass is 432 g/mol. The van der Waals surface area contributed by atoms with E-state index >= 15 is 0 Å². The molecule has 0 aliphatic carbocycles. The Hall–Kier alpha value is -2.60. The van der Waals surface area contributed by atoms with Crippen molar-refractivity contribution in [3.63, 3.8) is 0 Å². The van der Waals surface area contributed by atoms with E-state index in [1.54, 1.807) is 11.3 Å². The van der Waals surface area contributed by atoms with Crippen LogP contribution in [-0.4, -0.2) is 43.0 Å². The predicted octanol–water partition coefficient (Wildman–Crippen LogP) is 5.61. The van der Waals surface area contributed by atoms with E-state index in [4.69, 9.17) is 5.73 Å². The average molecular weight is 433 g/mol. The second-order valence-corrected chi connectivity index (χ2v) is 9.39. The van der Waals surface area contributed by atoms with Crippen molar-refractivity contribution in [2.24, 2.45) is 0 Å². The summed E-state index contributed by atoms with van der Waals surface area (Å²) in [5.74, 6) is 0. The molecule has 4 rings (SSSR count). The van der Waals surface area contributed by atoms with Crippen LogP contribution in [0.4, 0.5) is 11.4 Å². The molecule has 162 valence electrons. The number of allylic oxidation sites excluding steroid dienone is 1. The number of thiophene rings is 1. The van der Waals surface area contributed by atoms with Gasteiger partial charge in [-0.25, -0.2) is 0 Å². The van der Waals surface area contributed by atoms with Crippen molar-refractivity contribution in [1.82, 2.24) is 9.80 Å². The summed E-state index contributed by atoms with van der Waals surface area (Å²) in [4.78, 5) is 6.13. The molecular formula is C26H32N4S. The summed E-state index contributed by atoms with van der Waals surface area (Å²) in [7, 11) is 4.36. The lowest BCUT2D eigenvalue weighted by Crippen LogP contribution is -2.31. The zero-order valence-corrected chi connectivity index (χ0v) is 19.5. The minimum atomic E-state index is 0.675. The third-order valence-electron chi connectivity index (χ3n) is 6.07. The number of nitrogens with one attached hydrogen (secondary N) is 1. The molecule has 4 nitrogen and oxygen atoms in total. The van der Waals surface area contributed by atoms with Gasteiger partial charge in [-0.2, -0.15) is 0 Å². The van der Waals surface area contributed by atoms with Crippen LogP contribution >= 0.6 is 11.3 Å². The normalized spacial score (nSPS) is 17.4. The van der Waals surface area contributed by atoms with Gasteiger partial charge in [0, 0.05) is 36.3 Å². The topological polar surface area (TPSA) is 44.5 Å². The Morgan fingerprint density at radius 1 is 1.19 bits per heavy atom. The van der Waals surface area contributed by atoms with Crippen molar-refractivity contribution in [3.8, 4) is 10.4 Å². The van der Waals surface area contributed by atoms with Crippen LogP contribution in [0.25, 0.3) is 16.1 Å². The van der Waals surface area contributed by atoms with Gasteiger partial charge < -0.3 is 16.0 Å². The molecular weight excluding hydrogens is 400 g/mol. The number of benzene rings is 2. The standard InChI is InChI=1S/C26H32N4S/c1-4-24(28-25-16-21(11-12-23(25)27)26-6-5-15-31-26)20-9-7-19(8-10-20)17-30-14-13-22(18-30)29(2)3/h4-12,15-16,22,28H,13-14,17-18,27H2,1-3H3/b24-4-/t22-/m1/s1. The van der Waals surface area contributed by atoms with Crippen LogP contribution in [0.3, 0.4) is 0 Å². The minimum absolute atomic E-state index is 0.675. The summed E-state index contributed by atoms with van der Waals surface area (Å²) in [6, 6.07) is 20.0. The van der Waals surface area contributed by atoms with E-state index in [9.17, 15) is 0 Å². The van der Waals surface area contributed by atoms with Gasteiger partial charge in [-0.3, -0.25) is 4.90 Å². The van der Waals surface area contributed by atoms with Gasteiger partial charge in [0.2, 0.25) is 0 Å². The van der Waals surface area contributed by atoms with Gasteiger partial charge in [-0.1, -0.05) is 42.5 Å². The first-order valence-corrected chi connectivity index (χ1v) is 11.8. The first kappa shape index (κ1) is 21.6. The molecule has 0 saturated carbocycles. The number of likely N-dealkylation sites (N-methyl/N-ethyl adjacent to an activating group) is 1. The summed E-state index contributed by atoms with van der Waals surface area (Å²) in [5, 5.41) is 5.65. The molecule has 3 N–H and O–H groups in total.